The van der Waals surface area contributed by atoms with E-state index in [1.54, 1.807) is 6.26 Å². The molecular formula is C21H27NOS. The molecule has 1 aliphatic carbocycles. The van der Waals surface area contributed by atoms with Crippen LogP contribution < -0.4 is 5.32 Å². The highest BCUT2D eigenvalue weighted by Gasteiger charge is 2.35. The second-order valence-electron chi connectivity index (χ2n) is 6.98. The summed E-state index contributed by atoms with van der Waals surface area (Å²) in [5.41, 5.74) is 3.00. The zero-order chi connectivity index (χ0) is 17.0. The van der Waals surface area contributed by atoms with Crippen LogP contribution in [-0.2, 0) is 16.2 Å². The molecule has 3 heteroatoms. The van der Waals surface area contributed by atoms with Gasteiger partial charge in [-0.05, 0) is 43.0 Å². The van der Waals surface area contributed by atoms with Gasteiger partial charge in [0.15, 0.2) is 0 Å². The SMILES string of the molecule is C[C@H](NCC1(c2ccccc2)CCCC1)c1ccc([S@](C)=O)cc1. The first-order valence-corrected chi connectivity index (χ1v) is 10.4. The van der Waals surface area contributed by atoms with Crippen LogP contribution in [0.4, 0.5) is 0 Å². The summed E-state index contributed by atoms with van der Waals surface area (Å²) in [6, 6.07) is 19.4. The van der Waals surface area contributed by atoms with Crippen molar-refractivity contribution in [3.8, 4) is 0 Å². The topological polar surface area (TPSA) is 29.1 Å². The van der Waals surface area contributed by atoms with Crippen molar-refractivity contribution in [3.63, 3.8) is 0 Å². The van der Waals surface area contributed by atoms with Gasteiger partial charge in [0.25, 0.3) is 0 Å². The predicted molar refractivity (Wildman–Crippen MR) is 102 cm³/mol. The van der Waals surface area contributed by atoms with Crippen LogP contribution in [0, 0.1) is 0 Å². The molecule has 3 rings (SSSR count). The Morgan fingerprint density at radius 3 is 2.25 bits per heavy atom. The molecule has 2 aromatic rings. The highest BCUT2D eigenvalue weighted by Crippen LogP contribution is 2.40. The van der Waals surface area contributed by atoms with Crippen molar-refractivity contribution in [1.29, 1.82) is 0 Å². The van der Waals surface area contributed by atoms with Gasteiger partial charge < -0.3 is 5.32 Å². The minimum atomic E-state index is -0.908. The molecule has 0 amide bonds. The predicted octanol–water partition coefficient (Wildman–Crippen LogP) is 4.59. The second kappa shape index (κ2) is 7.62. The average molecular weight is 342 g/mol. The van der Waals surface area contributed by atoms with Crippen LogP contribution >= 0.6 is 0 Å². The second-order valence-corrected chi connectivity index (χ2v) is 8.36. The van der Waals surface area contributed by atoms with Crippen molar-refractivity contribution in [2.75, 3.05) is 12.8 Å². The molecule has 24 heavy (non-hydrogen) atoms. The minimum Gasteiger partial charge on any atom is -0.309 e. The van der Waals surface area contributed by atoms with E-state index in [1.165, 1.54) is 36.8 Å². The Balaban J connectivity index is 1.70. The van der Waals surface area contributed by atoms with E-state index in [1.807, 2.05) is 12.1 Å². The molecule has 0 saturated heterocycles. The van der Waals surface area contributed by atoms with E-state index in [4.69, 9.17) is 0 Å². The summed E-state index contributed by atoms with van der Waals surface area (Å²) in [6.45, 7) is 3.23. The zero-order valence-electron chi connectivity index (χ0n) is 14.6. The highest BCUT2D eigenvalue weighted by atomic mass is 32.2. The first-order chi connectivity index (χ1) is 11.6. The lowest BCUT2D eigenvalue weighted by Gasteiger charge is -2.32. The lowest BCUT2D eigenvalue weighted by Crippen LogP contribution is -2.37. The third-order valence-electron chi connectivity index (χ3n) is 5.41. The molecule has 2 nitrogen and oxygen atoms in total. The van der Waals surface area contributed by atoms with Gasteiger partial charge in [-0.2, -0.15) is 0 Å². The Labute approximate surface area is 148 Å². The van der Waals surface area contributed by atoms with E-state index < -0.39 is 10.8 Å². The van der Waals surface area contributed by atoms with Gasteiger partial charge in [0, 0.05) is 40.0 Å². The quantitative estimate of drug-likeness (QED) is 0.833. The van der Waals surface area contributed by atoms with E-state index in [-0.39, 0.29) is 5.41 Å². The summed E-state index contributed by atoms with van der Waals surface area (Å²) in [7, 11) is -0.908. The summed E-state index contributed by atoms with van der Waals surface area (Å²) in [5, 5.41) is 3.75. The fourth-order valence-corrected chi connectivity index (χ4v) is 4.34. The number of nitrogens with one attached hydrogen (secondary N) is 1. The highest BCUT2D eigenvalue weighted by molar-refractivity contribution is 7.84. The zero-order valence-corrected chi connectivity index (χ0v) is 15.4. The van der Waals surface area contributed by atoms with Crippen LogP contribution in [0.3, 0.4) is 0 Å². The molecule has 2 atom stereocenters. The fraction of sp³-hybridized carbons (Fsp3) is 0.429. The van der Waals surface area contributed by atoms with Crippen LogP contribution in [0.2, 0.25) is 0 Å². The summed E-state index contributed by atoms with van der Waals surface area (Å²) in [4.78, 5) is 0.891. The molecule has 0 bridgehead atoms. The number of rotatable bonds is 6. The van der Waals surface area contributed by atoms with Crippen LogP contribution in [0.15, 0.2) is 59.5 Å². The maximum absolute atomic E-state index is 11.5. The van der Waals surface area contributed by atoms with Gasteiger partial charge in [0.05, 0.1) is 0 Å². The maximum atomic E-state index is 11.5. The standard InChI is InChI=1S/C21H27NOS/c1-17(18-10-12-20(13-11-18)24(2)23)22-16-21(14-6-7-15-21)19-8-4-3-5-9-19/h3-5,8-13,17,22H,6-7,14-16H2,1-2H3/t17-,24-/m0/s1. The molecule has 0 aliphatic heterocycles. The maximum Gasteiger partial charge on any atom is 0.0498 e. The van der Waals surface area contributed by atoms with E-state index >= 15 is 0 Å². The van der Waals surface area contributed by atoms with Gasteiger partial charge in [0.1, 0.15) is 0 Å². The Morgan fingerprint density at radius 2 is 1.67 bits per heavy atom. The number of benzene rings is 2. The summed E-state index contributed by atoms with van der Waals surface area (Å²) < 4.78 is 11.5. The third-order valence-corrected chi connectivity index (χ3v) is 6.34. The smallest absolute Gasteiger partial charge is 0.0498 e. The molecule has 1 aliphatic rings. The third kappa shape index (κ3) is 3.79. The molecule has 0 aromatic heterocycles. The van der Waals surface area contributed by atoms with Crippen LogP contribution in [0.25, 0.3) is 0 Å². The molecule has 2 aromatic carbocycles. The normalized spacial score (nSPS) is 19.1. The van der Waals surface area contributed by atoms with E-state index in [0.717, 1.165) is 11.4 Å². The van der Waals surface area contributed by atoms with Crippen LogP contribution in [-0.4, -0.2) is 17.0 Å². The van der Waals surface area contributed by atoms with Gasteiger partial charge >= 0.3 is 0 Å². The fourth-order valence-electron chi connectivity index (χ4n) is 3.83. The molecule has 128 valence electrons. The molecule has 0 radical (unpaired) electrons. The van der Waals surface area contributed by atoms with Crippen LogP contribution in [0.1, 0.15) is 49.8 Å². The number of hydrogen-bond acceptors (Lipinski definition) is 2. The van der Waals surface area contributed by atoms with E-state index in [2.05, 4.69) is 54.7 Å². The molecule has 0 unspecified atom stereocenters. The van der Waals surface area contributed by atoms with Crippen molar-refractivity contribution in [2.45, 2.75) is 49.0 Å². The average Bonchev–Trinajstić information content (AvgIpc) is 3.11. The molecule has 1 fully saturated rings. The largest absolute Gasteiger partial charge is 0.309 e. The first kappa shape index (κ1) is 17.4. The first-order valence-electron chi connectivity index (χ1n) is 8.83. The monoisotopic (exact) mass is 341 g/mol. The van der Waals surface area contributed by atoms with Crippen molar-refractivity contribution >= 4 is 10.8 Å². The van der Waals surface area contributed by atoms with Crippen LogP contribution in [0.5, 0.6) is 0 Å². The van der Waals surface area contributed by atoms with Gasteiger partial charge in [-0.3, -0.25) is 4.21 Å². The van der Waals surface area contributed by atoms with E-state index in [0.29, 0.717) is 6.04 Å². The van der Waals surface area contributed by atoms with Gasteiger partial charge in [-0.25, -0.2) is 0 Å². The Bertz CT molecular complexity index is 675. The van der Waals surface area contributed by atoms with Crippen molar-refractivity contribution in [1.82, 2.24) is 5.32 Å². The van der Waals surface area contributed by atoms with Crippen molar-refractivity contribution < 1.29 is 4.21 Å². The van der Waals surface area contributed by atoms with Gasteiger partial charge in [-0.1, -0.05) is 55.3 Å². The van der Waals surface area contributed by atoms with Gasteiger partial charge in [-0.15, -0.1) is 0 Å². The summed E-state index contributed by atoms with van der Waals surface area (Å²) in [6.07, 6.45) is 6.90. The lowest BCUT2D eigenvalue weighted by atomic mass is 9.78. The Hall–Kier alpha value is -1.45. The Morgan fingerprint density at radius 1 is 1.04 bits per heavy atom. The molecule has 0 heterocycles. The summed E-state index contributed by atoms with van der Waals surface area (Å²) in [5.74, 6) is 0. The molecule has 1 N–H and O–H groups in total. The molecule has 1 saturated carbocycles. The molecule has 0 spiro atoms. The molecular weight excluding hydrogens is 314 g/mol. The van der Waals surface area contributed by atoms with Crippen molar-refractivity contribution in [3.05, 3.63) is 65.7 Å². The van der Waals surface area contributed by atoms with Gasteiger partial charge in [0.2, 0.25) is 0 Å². The Kier molecular flexibility index (Phi) is 5.52. The van der Waals surface area contributed by atoms with E-state index in [9.17, 15) is 4.21 Å². The summed E-state index contributed by atoms with van der Waals surface area (Å²) >= 11 is 0. The number of hydrogen-bond donors (Lipinski definition) is 1. The minimum absolute atomic E-state index is 0.278. The lowest BCUT2D eigenvalue weighted by molar-refractivity contribution is 0.383. The van der Waals surface area contributed by atoms with Crippen molar-refractivity contribution in [2.24, 2.45) is 0 Å².